The van der Waals surface area contributed by atoms with E-state index in [0.717, 1.165) is 16.6 Å². The Morgan fingerprint density at radius 3 is 2.68 bits per heavy atom. The normalized spacial score (nSPS) is 11.4. The maximum Gasteiger partial charge on any atom is 0.352 e. The van der Waals surface area contributed by atoms with E-state index in [-0.39, 0.29) is 5.69 Å². The summed E-state index contributed by atoms with van der Waals surface area (Å²) in [5.41, 5.74) is 2.92. The Balaban J connectivity index is 2.23. The van der Waals surface area contributed by atoms with E-state index < -0.39 is 0 Å². The average Bonchev–Trinajstić information content (AvgIpc) is 2.98. The third kappa shape index (κ3) is 2.35. The minimum absolute atomic E-state index is 0.111. The van der Waals surface area contributed by atoms with Gasteiger partial charge in [-0.25, -0.2) is 13.9 Å². The lowest BCUT2D eigenvalue weighted by Gasteiger charge is -2.03. The van der Waals surface area contributed by atoms with Crippen molar-refractivity contribution < 1.29 is 4.74 Å². The van der Waals surface area contributed by atoms with Crippen LogP contribution >= 0.6 is 0 Å². The molecule has 2 heterocycles. The van der Waals surface area contributed by atoms with Crippen LogP contribution in [0, 0.1) is 0 Å². The van der Waals surface area contributed by atoms with Crippen molar-refractivity contribution in [3.63, 3.8) is 0 Å². The Bertz CT molecular complexity index is 894. The smallest absolute Gasteiger partial charge is 0.352 e. The molecule has 2 aromatic heterocycles. The summed E-state index contributed by atoms with van der Waals surface area (Å²) in [6, 6.07) is 7.84. The van der Waals surface area contributed by atoms with Gasteiger partial charge < -0.3 is 9.30 Å². The number of para-hydroxylation sites is 2. The SMILES string of the molecule is COCCn1c2ccccc2n2c(=O)n(CC=C(C)C)nc12. The van der Waals surface area contributed by atoms with Gasteiger partial charge in [0.25, 0.3) is 0 Å². The fourth-order valence-corrected chi connectivity index (χ4v) is 2.56. The predicted octanol–water partition coefficient (Wildman–Crippen LogP) is 2.06. The third-order valence-corrected chi connectivity index (χ3v) is 3.67. The maximum atomic E-state index is 12.6. The molecule has 0 bridgehead atoms. The average molecular weight is 300 g/mol. The zero-order valence-electron chi connectivity index (χ0n) is 13.1. The molecule has 3 rings (SSSR count). The zero-order valence-corrected chi connectivity index (χ0v) is 13.1. The lowest BCUT2D eigenvalue weighted by Crippen LogP contribution is -2.20. The van der Waals surface area contributed by atoms with E-state index in [1.54, 1.807) is 11.5 Å². The van der Waals surface area contributed by atoms with Gasteiger partial charge in [-0.15, -0.1) is 5.10 Å². The van der Waals surface area contributed by atoms with Gasteiger partial charge in [0.05, 0.1) is 24.2 Å². The number of aromatic nitrogens is 4. The molecule has 0 spiro atoms. The second-order valence-corrected chi connectivity index (χ2v) is 5.51. The molecule has 0 saturated carbocycles. The summed E-state index contributed by atoms with van der Waals surface area (Å²) in [4.78, 5) is 12.6. The van der Waals surface area contributed by atoms with Crippen LogP contribution in [0.15, 0.2) is 40.7 Å². The van der Waals surface area contributed by atoms with Crippen LogP contribution in [0.25, 0.3) is 16.8 Å². The van der Waals surface area contributed by atoms with Crippen LogP contribution < -0.4 is 5.69 Å². The summed E-state index contributed by atoms with van der Waals surface area (Å²) >= 11 is 0. The van der Waals surface area contributed by atoms with E-state index >= 15 is 0 Å². The molecule has 6 heteroatoms. The summed E-state index contributed by atoms with van der Waals surface area (Å²) < 4.78 is 10.4. The number of imidazole rings is 1. The van der Waals surface area contributed by atoms with Gasteiger partial charge in [0, 0.05) is 13.7 Å². The Morgan fingerprint density at radius 1 is 1.27 bits per heavy atom. The van der Waals surface area contributed by atoms with Crippen LogP contribution in [-0.2, 0) is 17.8 Å². The maximum absolute atomic E-state index is 12.6. The van der Waals surface area contributed by atoms with Crippen molar-refractivity contribution >= 4 is 16.8 Å². The molecule has 0 N–H and O–H groups in total. The number of benzene rings is 1. The molecule has 0 amide bonds. The minimum atomic E-state index is -0.111. The number of methoxy groups -OCH3 is 1. The zero-order chi connectivity index (χ0) is 15.7. The second kappa shape index (κ2) is 5.81. The first-order valence-corrected chi connectivity index (χ1v) is 7.32. The molecule has 0 unspecified atom stereocenters. The number of hydrogen-bond acceptors (Lipinski definition) is 3. The molecular formula is C16H20N4O2. The van der Waals surface area contributed by atoms with Gasteiger partial charge in [-0.3, -0.25) is 0 Å². The van der Waals surface area contributed by atoms with Crippen molar-refractivity contribution in [2.24, 2.45) is 0 Å². The molecule has 22 heavy (non-hydrogen) atoms. The highest BCUT2D eigenvalue weighted by Gasteiger charge is 2.16. The van der Waals surface area contributed by atoms with Crippen LogP contribution in [0.5, 0.6) is 0 Å². The number of ether oxygens (including phenoxy) is 1. The van der Waals surface area contributed by atoms with E-state index in [2.05, 4.69) is 5.10 Å². The molecular weight excluding hydrogens is 280 g/mol. The van der Waals surface area contributed by atoms with Gasteiger partial charge >= 0.3 is 5.69 Å². The van der Waals surface area contributed by atoms with Gasteiger partial charge in [0.15, 0.2) is 0 Å². The molecule has 0 aliphatic carbocycles. The van der Waals surface area contributed by atoms with Crippen molar-refractivity contribution in [3.8, 4) is 0 Å². The number of hydrogen-bond donors (Lipinski definition) is 0. The lowest BCUT2D eigenvalue weighted by atomic mass is 10.3. The summed E-state index contributed by atoms with van der Waals surface area (Å²) in [5.74, 6) is 0.658. The minimum Gasteiger partial charge on any atom is -0.383 e. The molecule has 0 aliphatic heterocycles. The molecule has 0 radical (unpaired) electrons. The predicted molar refractivity (Wildman–Crippen MR) is 86.3 cm³/mol. The Labute approximate surface area is 128 Å². The van der Waals surface area contributed by atoms with Gasteiger partial charge in [-0.1, -0.05) is 23.8 Å². The highest BCUT2D eigenvalue weighted by molar-refractivity contribution is 5.80. The molecule has 116 valence electrons. The first-order valence-electron chi connectivity index (χ1n) is 7.32. The highest BCUT2D eigenvalue weighted by Crippen LogP contribution is 2.18. The van der Waals surface area contributed by atoms with Crippen LogP contribution in [0.1, 0.15) is 13.8 Å². The van der Waals surface area contributed by atoms with Gasteiger partial charge in [0.1, 0.15) is 0 Å². The summed E-state index contributed by atoms with van der Waals surface area (Å²) in [5, 5.41) is 4.50. The molecule has 3 aromatic rings. The van der Waals surface area contributed by atoms with Crippen LogP contribution in [0.3, 0.4) is 0 Å². The lowest BCUT2D eigenvalue weighted by molar-refractivity contribution is 0.189. The standard InChI is InChI=1S/C16H20N4O2/c1-12(2)8-9-19-16(21)20-14-7-5-4-6-13(14)18(10-11-22-3)15(20)17-19/h4-8H,9-11H2,1-3H3. The molecule has 1 aromatic carbocycles. The third-order valence-electron chi connectivity index (χ3n) is 3.67. The highest BCUT2D eigenvalue weighted by atomic mass is 16.5. The quantitative estimate of drug-likeness (QED) is 0.678. The second-order valence-electron chi connectivity index (χ2n) is 5.51. The monoisotopic (exact) mass is 300 g/mol. The number of rotatable bonds is 5. The van der Waals surface area contributed by atoms with Crippen LogP contribution in [0.2, 0.25) is 0 Å². The van der Waals surface area contributed by atoms with E-state index in [1.165, 1.54) is 4.68 Å². The van der Waals surface area contributed by atoms with Gasteiger partial charge in [-0.2, -0.15) is 0 Å². The van der Waals surface area contributed by atoms with E-state index in [9.17, 15) is 4.79 Å². The summed E-state index contributed by atoms with van der Waals surface area (Å²) in [6.45, 7) is 5.74. The topological polar surface area (TPSA) is 53.5 Å². The number of allylic oxidation sites excluding steroid dienone is 2. The first-order chi connectivity index (χ1) is 10.6. The Morgan fingerprint density at radius 2 is 2.00 bits per heavy atom. The van der Waals surface area contributed by atoms with Gasteiger partial charge in [-0.05, 0) is 26.0 Å². The Hall–Kier alpha value is -2.34. The van der Waals surface area contributed by atoms with Crippen molar-refractivity contribution in [2.45, 2.75) is 26.9 Å². The largest absolute Gasteiger partial charge is 0.383 e. The Kier molecular flexibility index (Phi) is 3.85. The summed E-state index contributed by atoms with van der Waals surface area (Å²) in [6.07, 6.45) is 2.00. The fraction of sp³-hybridized carbons (Fsp3) is 0.375. The molecule has 0 aliphatic rings. The molecule has 0 atom stereocenters. The number of fused-ring (bicyclic) bond motifs is 3. The van der Waals surface area contributed by atoms with E-state index in [1.807, 2.05) is 48.8 Å². The molecule has 6 nitrogen and oxygen atoms in total. The van der Waals surface area contributed by atoms with Crippen molar-refractivity contribution in [1.82, 2.24) is 18.7 Å². The number of nitrogens with zero attached hydrogens (tertiary/aromatic N) is 4. The van der Waals surface area contributed by atoms with Crippen LogP contribution in [0.4, 0.5) is 0 Å². The fourth-order valence-electron chi connectivity index (χ4n) is 2.56. The van der Waals surface area contributed by atoms with Crippen molar-refractivity contribution in [2.75, 3.05) is 13.7 Å². The first kappa shape index (κ1) is 14.6. The molecule has 0 saturated heterocycles. The van der Waals surface area contributed by atoms with Crippen molar-refractivity contribution in [3.05, 3.63) is 46.4 Å². The van der Waals surface area contributed by atoms with Crippen LogP contribution in [-0.4, -0.2) is 32.5 Å². The summed E-state index contributed by atoms with van der Waals surface area (Å²) in [7, 11) is 1.67. The van der Waals surface area contributed by atoms with Gasteiger partial charge in [0.2, 0.25) is 5.78 Å². The van der Waals surface area contributed by atoms with E-state index in [4.69, 9.17) is 4.74 Å². The van der Waals surface area contributed by atoms with Crippen molar-refractivity contribution in [1.29, 1.82) is 0 Å². The molecule has 0 fully saturated rings. The van der Waals surface area contributed by atoms with E-state index in [0.29, 0.717) is 25.5 Å².